The van der Waals surface area contributed by atoms with Crippen LogP contribution < -0.4 is 5.73 Å². The molecule has 22 heavy (non-hydrogen) atoms. The van der Waals surface area contributed by atoms with Crippen LogP contribution in [0.4, 0.5) is 0 Å². The molecule has 1 aliphatic heterocycles. The molecule has 0 saturated carbocycles. The Kier molecular flexibility index (Phi) is 3.71. The molecule has 0 aromatic carbocycles. The minimum Gasteiger partial charge on any atom is -0.399 e. The van der Waals surface area contributed by atoms with Crippen LogP contribution in [-0.2, 0) is 0 Å². The highest BCUT2D eigenvalue weighted by Gasteiger charge is 2.54. The van der Waals surface area contributed by atoms with Crippen molar-refractivity contribution in [2.24, 2.45) is 17.1 Å². The summed E-state index contributed by atoms with van der Waals surface area (Å²) in [6, 6.07) is 10.2. The molecule has 2 N–H and O–H groups in total. The number of fused-ring (bicyclic) bond motifs is 1. The SMILES string of the molecule is N#CC1=C(N)C(C#N)(C#N)[C@@H](c2cccs2)[C@H]2CSCC=C12. The first-order chi connectivity index (χ1) is 10.7. The summed E-state index contributed by atoms with van der Waals surface area (Å²) in [6.07, 6.45) is 2.02. The van der Waals surface area contributed by atoms with Crippen molar-refractivity contribution in [2.75, 3.05) is 11.5 Å². The zero-order valence-corrected chi connectivity index (χ0v) is 13.2. The molecule has 1 aliphatic carbocycles. The van der Waals surface area contributed by atoms with Crippen LogP contribution in [0.1, 0.15) is 10.8 Å². The highest BCUT2D eigenvalue weighted by molar-refractivity contribution is 7.99. The molecular formula is C16H12N4S2. The van der Waals surface area contributed by atoms with Crippen LogP contribution in [0.3, 0.4) is 0 Å². The Labute approximate surface area is 137 Å². The molecule has 108 valence electrons. The Morgan fingerprint density at radius 2 is 2.05 bits per heavy atom. The molecule has 0 radical (unpaired) electrons. The van der Waals surface area contributed by atoms with E-state index in [1.54, 1.807) is 11.8 Å². The topological polar surface area (TPSA) is 97.4 Å². The van der Waals surface area contributed by atoms with E-state index >= 15 is 0 Å². The summed E-state index contributed by atoms with van der Waals surface area (Å²) in [7, 11) is 0. The van der Waals surface area contributed by atoms with Crippen LogP contribution in [0.15, 0.2) is 40.4 Å². The molecule has 4 nitrogen and oxygen atoms in total. The fraction of sp³-hybridized carbons (Fsp3) is 0.312. The van der Waals surface area contributed by atoms with Gasteiger partial charge in [-0.1, -0.05) is 12.1 Å². The molecule has 2 aliphatic rings. The molecule has 0 saturated heterocycles. The van der Waals surface area contributed by atoms with Crippen molar-refractivity contribution in [3.8, 4) is 18.2 Å². The van der Waals surface area contributed by atoms with Gasteiger partial charge in [-0.25, -0.2) is 0 Å². The summed E-state index contributed by atoms with van der Waals surface area (Å²) in [5.74, 6) is 1.27. The lowest BCUT2D eigenvalue weighted by atomic mass is 9.60. The van der Waals surface area contributed by atoms with E-state index in [1.165, 1.54) is 11.3 Å². The number of hydrogen-bond acceptors (Lipinski definition) is 6. The number of nitriles is 3. The van der Waals surface area contributed by atoms with Gasteiger partial charge in [0.15, 0.2) is 5.41 Å². The zero-order valence-electron chi connectivity index (χ0n) is 11.6. The van der Waals surface area contributed by atoms with Crippen LogP contribution in [-0.4, -0.2) is 11.5 Å². The molecule has 6 heteroatoms. The zero-order chi connectivity index (χ0) is 15.7. The number of thiophene rings is 1. The van der Waals surface area contributed by atoms with E-state index in [0.717, 1.165) is 22.0 Å². The lowest BCUT2D eigenvalue weighted by Crippen LogP contribution is -2.43. The minimum atomic E-state index is -1.48. The smallest absolute Gasteiger partial charge is 0.192 e. The van der Waals surface area contributed by atoms with Gasteiger partial charge in [0.25, 0.3) is 0 Å². The predicted molar refractivity (Wildman–Crippen MR) is 86.4 cm³/mol. The van der Waals surface area contributed by atoms with E-state index in [1.807, 2.05) is 23.6 Å². The second-order valence-corrected chi connectivity index (χ2v) is 7.28. The first-order valence-electron chi connectivity index (χ1n) is 6.74. The lowest BCUT2D eigenvalue weighted by molar-refractivity contribution is 0.373. The average molecular weight is 324 g/mol. The van der Waals surface area contributed by atoms with Crippen LogP contribution >= 0.6 is 23.1 Å². The summed E-state index contributed by atoms with van der Waals surface area (Å²) >= 11 is 3.28. The molecule has 0 fully saturated rings. The van der Waals surface area contributed by atoms with Gasteiger partial charge in [-0.15, -0.1) is 11.3 Å². The Balaban J connectivity index is 2.33. The number of nitrogens with two attached hydrogens (primary N) is 1. The third-order valence-corrected chi connectivity index (χ3v) is 6.24. The van der Waals surface area contributed by atoms with Gasteiger partial charge >= 0.3 is 0 Å². The fourth-order valence-electron chi connectivity index (χ4n) is 3.26. The van der Waals surface area contributed by atoms with Gasteiger partial charge in [0, 0.05) is 28.2 Å². The normalized spacial score (nSPS) is 26.1. The van der Waals surface area contributed by atoms with Crippen LogP contribution in [0.25, 0.3) is 0 Å². The van der Waals surface area contributed by atoms with Crippen molar-refractivity contribution in [1.29, 1.82) is 15.8 Å². The number of nitrogens with zero attached hydrogens (tertiary/aromatic N) is 3. The minimum absolute atomic E-state index is 0.0290. The maximum absolute atomic E-state index is 9.77. The Hall–Kier alpha value is -2.20. The predicted octanol–water partition coefficient (Wildman–Crippen LogP) is 2.90. The van der Waals surface area contributed by atoms with Gasteiger partial charge in [0.2, 0.25) is 0 Å². The molecule has 0 amide bonds. The van der Waals surface area contributed by atoms with E-state index < -0.39 is 5.41 Å². The van der Waals surface area contributed by atoms with Crippen molar-refractivity contribution in [3.05, 3.63) is 45.3 Å². The number of thioether (sulfide) groups is 1. The molecule has 0 unspecified atom stereocenters. The molecule has 2 heterocycles. The summed E-state index contributed by atoms with van der Waals surface area (Å²) in [5.41, 5.74) is 6.01. The molecule has 3 rings (SSSR count). The lowest BCUT2D eigenvalue weighted by Gasteiger charge is -2.42. The van der Waals surface area contributed by atoms with Gasteiger partial charge in [-0.05, 0) is 17.0 Å². The van der Waals surface area contributed by atoms with Crippen molar-refractivity contribution in [1.82, 2.24) is 0 Å². The van der Waals surface area contributed by atoms with Crippen LogP contribution in [0.2, 0.25) is 0 Å². The summed E-state index contributed by atoms with van der Waals surface area (Å²) in [6.45, 7) is 0. The Morgan fingerprint density at radius 3 is 2.64 bits per heavy atom. The Morgan fingerprint density at radius 1 is 1.27 bits per heavy atom. The molecule has 1 aromatic rings. The maximum atomic E-state index is 9.77. The van der Waals surface area contributed by atoms with E-state index in [4.69, 9.17) is 5.73 Å². The molecule has 2 atom stereocenters. The quantitative estimate of drug-likeness (QED) is 0.856. The van der Waals surface area contributed by atoms with Gasteiger partial charge in [-0.3, -0.25) is 0 Å². The number of rotatable bonds is 1. The van der Waals surface area contributed by atoms with E-state index in [-0.39, 0.29) is 17.5 Å². The van der Waals surface area contributed by atoms with E-state index in [2.05, 4.69) is 18.2 Å². The average Bonchev–Trinajstić information content (AvgIpc) is 3.08. The van der Waals surface area contributed by atoms with Gasteiger partial charge in [0.05, 0.1) is 23.4 Å². The van der Waals surface area contributed by atoms with Crippen molar-refractivity contribution < 1.29 is 0 Å². The largest absolute Gasteiger partial charge is 0.399 e. The van der Waals surface area contributed by atoms with Crippen molar-refractivity contribution >= 4 is 23.1 Å². The van der Waals surface area contributed by atoms with Crippen LogP contribution in [0.5, 0.6) is 0 Å². The van der Waals surface area contributed by atoms with Gasteiger partial charge in [0.1, 0.15) is 6.07 Å². The molecule has 0 bridgehead atoms. The second-order valence-electron chi connectivity index (χ2n) is 5.23. The van der Waals surface area contributed by atoms with E-state index in [9.17, 15) is 15.8 Å². The highest BCUT2D eigenvalue weighted by Crippen LogP contribution is 2.55. The van der Waals surface area contributed by atoms with Gasteiger partial charge < -0.3 is 5.73 Å². The summed E-state index contributed by atoms with van der Waals surface area (Å²) in [5, 5.41) is 31.0. The standard InChI is InChI=1S/C16H12N4S2/c17-6-11-10-3-5-21-7-12(10)14(13-2-1-4-22-13)16(8-18,9-19)15(11)20/h1-4,12,14H,5,7,20H2/t12-,14+/m0/s1. The highest BCUT2D eigenvalue weighted by atomic mass is 32.2. The first-order valence-corrected chi connectivity index (χ1v) is 8.77. The van der Waals surface area contributed by atoms with Gasteiger partial charge in [-0.2, -0.15) is 27.5 Å². The maximum Gasteiger partial charge on any atom is 0.192 e. The third kappa shape index (κ3) is 1.87. The summed E-state index contributed by atoms with van der Waals surface area (Å²) in [4.78, 5) is 0.974. The number of hydrogen-bond donors (Lipinski definition) is 1. The third-order valence-electron chi connectivity index (χ3n) is 4.28. The van der Waals surface area contributed by atoms with Crippen molar-refractivity contribution in [3.63, 3.8) is 0 Å². The monoisotopic (exact) mass is 324 g/mol. The molecule has 0 spiro atoms. The summed E-state index contributed by atoms with van der Waals surface area (Å²) < 4.78 is 0. The molecular weight excluding hydrogens is 312 g/mol. The first kappa shape index (κ1) is 14.7. The number of allylic oxidation sites excluding steroid dienone is 3. The fourth-order valence-corrected chi connectivity index (χ4v) is 5.28. The van der Waals surface area contributed by atoms with Crippen molar-refractivity contribution in [2.45, 2.75) is 5.92 Å². The Bertz CT molecular complexity index is 770. The van der Waals surface area contributed by atoms with Crippen LogP contribution in [0, 0.1) is 45.3 Å². The van der Waals surface area contributed by atoms with E-state index in [0.29, 0.717) is 5.57 Å². The second kappa shape index (κ2) is 5.54. The molecule has 1 aromatic heterocycles.